The summed E-state index contributed by atoms with van der Waals surface area (Å²) in [4.78, 5) is 28.9. The molecule has 1 saturated heterocycles. The van der Waals surface area contributed by atoms with Crippen molar-refractivity contribution in [2.45, 2.75) is 52.2 Å². The topological polar surface area (TPSA) is 85.2 Å². The molecule has 0 aliphatic carbocycles. The zero-order valence-electron chi connectivity index (χ0n) is 16.7. The third-order valence-electron chi connectivity index (χ3n) is 4.99. The van der Waals surface area contributed by atoms with Gasteiger partial charge in [0.25, 0.3) is 0 Å². The number of rotatable bonds is 9. The van der Waals surface area contributed by atoms with Crippen LogP contribution in [0.2, 0.25) is 0 Å². The molecule has 1 aromatic heterocycles. The van der Waals surface area contributed by atoms with Crippen molar-refractivity contribution >= 4 is 22.8 Å². The van der Waals surface area contributed by atoms with Crippen LogP contribution in [0.4, 0.5) is 0 Å². The number of aromatic nitrogens is 2. The Labute approximate surface area is 165 Å². The lowest BCUT2D eigenvalue weighted by atomic mass is 10.2. The fraction of sp³-hybridized carbons (Fsp3) is 0.571. The van der Waals surface area contributed by atoms with Crippen LogP contribution in [0.3, 0.4) is 0 Å². The molecule has 1 atom stereocenters. The number of nitrogens with one attached hydrogen (secondary N) is 2. The van der Waals surface area contributed by atoms with E-state index in [1.54, 1.807) is 0 Å². The Morgan fingerprint density at radius 3 is 2.86 bits per heavy atom. The average molecular weight is 386 g/mol. The van der Waals surface area contributed by atoms with E-state index in [2.05, 4.69) is 10.6 Å². The van der Waals surface area contributed by atoms with Gasteiger partial charge in [-0.1, -0.05) is 26.0 Å². The number of fused-ring (bicyclic) bond motifs is 1. The SMILES string of the molecule is CC(C)C(=O)NCCCc1nc2ccccc2n1CC(=O)NCC1CCCO1. The van der Waals surface area contributed by atoms with Gasteiger partial charge in [0.2, 0.25) is 11.8 Å². The second-order valence-corrected chi connectivity index (χ2v) is 7.59. The average Bonchev–Trinajstić information content (AvgIpc) is 3.32. The summed E-state index contributed by atoms with van der Waals surface area (Å²) < 4.78 is 7.54. The molecule has 2 heterocycles. The molecule has 2 aromatic rings. The quantitative estimate of drug-likeness (QED) is 0.646. The van der Waals surface area contributed by atoms with Gasteiger partial charge in [0.1, 0.15) is 12.4 Å². The normalized spacial score (nSPS) is 16.6. The Kier molecular flexibility index (Phi) is 7.03. The number of benzene rings is 1. The predicted octanol–water partition coefficient (Wildman–Crippen LogP) is 2.04. The molecule has 1 aromatic carbocycles. The van der Waals surface area contributed by atoms with Crippen LogP contribution >= 0.6 is 0 Å². The number of hydrogen-bond acceptors (Lipinski definition) is 4. The van der Waals surface area contributed by atoms with Crippen molar-refractivity contribution in [3.05, 3.63) is 30.1 Å². The number of ether oxygens (including phenoxy) is 1. The molecule has 7 heteroatoms. The Bertz CT molecular complexity index is 809. The summed E-state index contributed by atoms with van der Waals surface area (Å²) in [7, 11) is 0. The van der Waals surface area contributed by atoms with Crippen LogP contribution in [0, 0.1) is 5.92 Å². The Balaban J connectivity index is 1.61. The molecule has 0 radical (unpaired) electrons. The summed E-state index contributed by atoms with van der Waals surface area (Å²) >= 11 is 0. The molecule has 28 heavy (non-hydrogen) atoms. The van der Waals surface area contributed by atoms with Gasteiger partial charge in [0, 0.05) is 32.0 Å². The predicted molar refractivity (Wildman–Crippen MR) is 108 cm³/mol. The molecule has 0 spiro atoms. The molecule has 2 amide bonds. The number of carbonyl (C=O) groups is 2. The van der Waals surface area contributed by atoms with Gasteiger partial charge < -0.3 is 19.9 Å². The standard InChI is InChI=1S/C21H30N4O3/c1-15(2)21(27)22-11-5-10-19-24-17-8-3-4-9-18(17)25(19)14-20(26)23-13-16-7-6-12-28-16/h3-4,8-9,15-16H,5-7,10-14H2,1-2H3,(H,22,27)(H,23,26). The van der Waals surface area contributed by atoms with Gasteiger partial charge in [-0.3, -0.25) is 9.59 Å². The second kappa shape index (κ2) is 9.68. The van der Waals surface area contributed by atoms with Crippen LogP contribution in [0.15, 0.2) is 24.3 Å². The zero-order valence-corrected chi connectivity index (χ0v) is 16.7. The van der Waals surface area contributed by atoms with Crippen molar-refractivity contribution in [3.8, 4) is 0 Å². The highest BCUT2D eigenvalue weighted by atomic mass is 16.5. The number of nitrogens with zero attached hydrogens (tertiary/aromatic N) is 2. The van der Waals surface area contributed by atoms with E-state index < -0.39 is 0 Å². The lowest BCUT2D eigenvalue weighted by molar-refractivity contribution is -0.124. The highest BCUT2D eigenvalue weighted by Gasteiger charge is 2.18. The van der Waals surface area contributed by atoms with Crippen LogP contribution in [-0.2, 0) is 27.3 Å². The maximum atomic E-state index is 12.5. The van der Waals surface area contributed by atoms with E-state index in [4.69, 9.17) is 9.72 Å². The smallest absolute Gasteiger partial charge is 0.240 e. The number of imidazole rings is 1. The zero-order chi connectivity index (χ0) is 19.9. The van der Waals surface area contributed by atoms with Crippen LogP contribution in [0.25, 0.3) is 11.0 Å². The van der Waals surface area contributed by atoms with E-state index in [0.29, 0.717) is 19.5 Å². The molecular formula is C21H30N4O3. The van der Waals surface area contributed by atoms with Crippen molar-refractivity contribution in [1.82, 2.24) is 20.2 Å². The molecule has 1 unspecified atom stereocenters. The largest absolute Gasteiger partial charge is 0.376 e. The number of hydrogen-bond donors (Lipinski definition) is 2. The number of carbonyl (C=O) groups excluding carboxylic acids is 2. The fourth-order valence-corrected chi connectivity index (χ4v) is 3.39. The maximum Gasteiger partial charge on any atom is 0.240 e. The summed E-state index contributed by atoms with van der Waals surface area (Å²) in [6.45, 7) is 5.94. The molecule has 2 N–H and O–H groups in total. The molecule has 1 aliphatic rings. The van der Waals surface area contributed by atoms with Crippen molar-refractivity contribution in [3.63, 3.8) is 0 Å². The summed E-state index contributed by atoms with van der Waals surface area (Å²) in [5.74, 6) is 0.874. The third kappa shape index (κ3) is 5.32. The molecular weight excluding hydrogens is 356 g/mol. The monoisotopic (exact) mass is 386 g/mol. The van der Waals surface area contributed by atoms with Gasteiger partial charge in [0.15, 0.2) is 0 Å². The molecule has 7 nitrogen and oxygen atoms in total. The fourth-order valence-electron chi connectivity index (χ4n) is 3.39. The Hall–Kier alpha value is -2.41. The number of para-hydroxylation sites is 2. The maximum absolute atomic E-state index is 12.5. The van der Waals surface area contributed by atoms with Gasteiger partial charge in [-0.25, -0.2) is 4.98 Å². The number of amides is 2. The minimum atomic E-state index is -0.0342. The molecule has 152 valence electrons. The first-order valence-corrected chi connectivity index (χ1v) is 10.1. The first-order chi connectivity index (χ1) is 13.5. The van der Waals surface area contributed by atoms with E-state index in [1.807, 2.05) is 42.7 Å². The molecule has 0 saturated carbocycles. The Morgan fingerprint density at radius 1 is 1.29 bits per heavy atom. The van der Waals surface area contributed by atoms with E-state index >= 15 is 0 Å². The third-order valence-corrected chi connectivity index (χ3v) is 4.99. The van der Waals surface area contributed by atoms with Gasteiger partial charge in [-0.05, 0) is 31.4 Å². The summed E-state index contributed by atoms with van der Waals surface area (Å²) in [5.41, 5.74) is 1.84. The minimum Gasteiger partial charge on any atom is -0.376 e. The lowest BCUT2D eigenvalue weighted by Crippen LogP contribution is -2.34. The van der Waals surface area contributed by atoms with Crippen molar-refractivity contribution in [2.24, 2.45) is 5.92 Å². The molecule has 1 aliphatic heterocycles. The van der Waals surface area contributed by atoms with Crippen molar-refractivity contribution in [2.75, 3.05) is 19.7 Å². The number of aryl methyl sites for hydroxylation is 1. The van der Waals surface area contributed by atoms with Gasteiger partial charge >= 0.3 is 0 Å². The van der Waals surface area contributed by atoms with Crippen LogP contribution in [-0.4, -0.2) is 47.2 Å². The molecule has 0 bridgehead atoms. The van der Waals surface area contributed by atoms with E-state index in [1.165, 1.54) is 0 Å². The highest BCUT2D eigenvalue weighted by molar-refractivity contribution is 5.81. The molecule has 1 fully saturated rings. The van der Waals surface area contributed by atoms with Crippen LogP contribution in [0.1, 0.15) is 38.9 Å². The van der Waals surface area contributed by atoms with Gasteiger partial charge in [0.05, 0.1) is 17.1 Å². The second-order valence-electron chi connectivity index (χ2n) is 7.59. The summed E-state index contributed by atoms with van der Waals surface area (Å²) in [6, 6.07) is 7.85. The van der Waals surface area contributed by atoms with E-state index in [0.717, 1.165) is 42.7 Å². The molecule has 3 rings (SSSR count). The minimum absolute atomic E-state index is 0.0166. The summed E-state index contributed by atoms with van der Waals surface area (Å²) in [6.07, 6.45) is 3.67. The summed E-state index contributed by atoms with van der Waals surface area (Å²) in [5, 5.41) is 5.91. The lowest BCUT2D eigenvalue weighted by Gasteiger charge is -2.13. The highest BCUT2D eigenvalue weighted by Crippen LogP contribution is 2.17. The van der Waals surface area contributed by atoms with Crippen LogP contribution in [0.5, 0.6) is 0 Å². The van der Waals surface area contributed by atoms with Gasteiger partial charge in [-0.15, -0.1) is 0 Å². The van der Waals surface area contributed by atoms with Crippen molar-refractivity contribution in [1.29, 1.82) is 0 Å². The van der Waals surface area contributed by atoms with Crippen LogP contribution < -0.4 is 10.6 Å². The van der Waals surface area contributed by atoms with E-state index in [9.17, 15) is 9.59 Å². The van der Waals surface area contributed by atoms with Crippen molar-refractivity contribution < 1.29 is 14.3 Å². The van der Waals surface area contributed by atoms with Gasteiger partial charge in [-0.2, -0.15) is 0 Å². The first-order valence-electron chi connectivity index (χ1n) is 10.1. The Morgan fingerprint density at radius 2 is 2.11 bits per heavy atom. The first kappa shape index (κ1) is 20.3. The van der Waals surface area contributed by atoms with E-state index in [-0.39, 0.29) is 30.4 Å².